The number of benzene rings is 1. The minimum atomic E-state index is -0.206. The smallest absolute Gasteiger partial charge is 0.256 e. The van der Waals surface area contributed by atoms with Crippen LogP contribution in [-0.2, 0) is 22.8 Å². The quantitative estimate of drug-likeness (QED) is 0.749. The second-order valence-corrected chi connectivity index (χ2v) is 7.64. The van der Waals surface area contributed by atoms with E-state index in [0.29, 0.717) is 17.9 Å². The fourth-order valence-electron chi connectivity index (χ4n) is 2.56. The van der Waals surface area contributed by atoms with Gasteiger partial charge in [0, 0.05) is 33.7 Å². The Kier molecular flexibility index (Phi) is 5.80. The molecular formula is C17H19BrN4O2S. The molecule has 1 aliphatic rings. The van der Waals surface area contributed by atoms with E-state index in [0.717, 1.165) is 33.7 Å². The molecule has 1 aliphatic heterocycles. The van der Waals surface area contributed by atoms with E-state index in [-0.39, 0.29) is 18.4 Å². The summed E-state index contributed by atoms with van der Waals surface area (Å²) in [6.07, 6.45) is 0.880. The van der Waals surface area contributed by atoms with Crippen LogP contribution in [0.4, 0.5) is 5.82 Å². The van der Waals surface area contributed by atoms with Gasteiger partial charge in [-0.05, 0) is 30.7 Å². The summed E-state index contributed by atoms with van der Waals surface area (Å²) in [5, 5.41) is 10.3. The molecule has 3 rings (SSSR count). The predicted molar refractivity (Wildman–Crippen MR) is 103 cm³/mol. The Bertz CT molecular complexity index is 789. The van der Waals surface area contributed by atoms with Gasteiger partial charge in [0.2, 0.25) is 5.91 Å². The Labute approximate surface area is 158 Å². The number of carbonyl (C=O) groups is 2. The van der Waals surface area contributed by atoms with Crippen molar-refractivity contribution in [2.24, 2.45) is 0 Å². The Morgan fingerprint density at radius 1 is 1.28 bits per heavy atom. The number of halogens is 1. The molecule has 25 heavy (non-hydrogen) atoms. The van der Waals surface area contributed by atoms with Crippen molar-refractivity contribution in [1.82, 2.24) is 15.1 Å². The molecular weight excluding hydrogens is 404 g/mol. The normalized spacial score (nSPS) is 12.7. The van der Waals surface area contributed by atoms with E-state index in [1.807, 2.05) is 19.1 Å². The van der Waals surface area contributed by atoms with E-state index in [9.17, 15) is 9.59 Å². The van der Waals surface area contributed by atoms with E-state index >= 15 is 0 Å². The molecule has 2 heterocycles. The van der Waals surface area contributed by atoms with Crippen LogP contribution in [0.5, 0.6) is 0 Å². The summed E-state index contributed by atoms with van der Waals surface area (Å²) >= 11 is 5.12. The lowest BCUT2D eigenvalue weighted by molar-refractivity contribution is -0.121. The van der Waals surface area contributed by atoms with Gasteiger partial charge < -0.3 is 10.6 Å². The van der Waals surface area contributed by atoms with Crippen molar-refractivity contribution in [2.75, 3.05) is 11.9 Å². The molecule has 0 spiro atoms. The molecule has 132 valence electrons. The number of hydrogen-bond acceptors (Lipinski definition) is 4. The number of anilines is 1. The van der Waals surface area contributed by atoms with Gasteiger partial charge in [0.25, 0.3) is 5.91 Å². The highest BCUT2D eigenvalue weighted by atomic mass is 79.9. The van der Waals surface area contributed by atoms with Crippen LogP contribution in [0.25, 0.3) is 0 Å². The fourth-order valence-corrected chi connectivity index (χ4v) is 3.86. The van der Waals surface area contributed by atoms with Gasteiger partial charge in [-0.2, -0.15) is 16.9 Å². The minimum absolute atomic E-state index is 0.102. The number of rotatable bonds is 6. The van der Waals surface area contributed by atoms with E-state index in [1.54, 1.807) is 28.6 Å². The zero-order chi connectivity index (χ0) is 17.8. The molecule has 0 bridgehead atoms. The first-order chi connectivity index (χ1) is 12.1. The lowest BCUT2D eigenvalue weighted by Crippen LogP contribution is -2.29. The van der Waals surface area contributed by atoms with Gasteiger partial charge >= 0.3 is 0 Å². The van der Waals surface area contributed by atoms with E-state index in [1.165, 1.54) is 0 Å². The molecule has 0 fully saturated rings. The third kappa shape index (κ3) is 4.24. The molecule has 1 aromatic heterocycles. The molecule has 0 atom stereocenters. The van der Waals surface area contributed by atoms with Gasteiger partial charge in [-0.1, -0.05) is 22.9 Å². The van der Waals surface area contributed by atoms with Crippen LogP contribution < -0.4 is 10.6 Å². The zero-order valence-electron chi connectivity index (χ0n) is 13.8. The van der Waals surface area contributed by atoms with Gasteiger partial charge in [-0.3, -0.25) is 9.59 Å². The number of carbonyl (C=O) groups excluding carboxylic acids is 2. The van der Waals surface area contributed by atoms with E-state index in [4.69, 9.17) is 0 Å². The molecule has 2 amide bonds. The molecule has 0 saturated heterocycles. The number of nitrogens with one attached hydrogen (secondary N) is 2. The van der Waals surface area contributed by atoms with Gasteiger partial charge in [-0.15, -0.1) is 0 Å². The highest BCUT2D eigenvalue weighted by Crippen LogP contribution is 2.34. The average molecular weight is 423 g/mol. The van der Waals surface area contributed by atoms with Crippen molar-refractivity contribution in [1.29, 1.82) is 0 Å². The summed E-state index contributed by atoms with van der Waals surface area (Å²) in [4.78, 5) is 24.6. The summed E-state index contributed by atoms with van der Waals surface area (Å²) in [7, 11) is 0. The summed E-state index contributed by atoms with van der Waals surface area (Å²) in [5.41, 5.74) is 2.52. The molecule has 0 saturated carbocycles. The lowest BCUT2D eigenvalue weighted by atomic mass is 10.2. The summed E-state index contributed by atoms with van der Waals surface area (Å²) < 4.78 is 2.52. The lowest BCUT2D eigenvalue weighted by Gasteiger charge is -2.11. The molecule has 0 unspecified atom stereocenters. The first-order valence-corrected chi connectivity index (χ1v) is 10.0. The van der Waals surface area contributed by atoms with Gasteiger partial charge in [0.15, 0.2) is 0 Å². The second-order valence-electron chi connectivity index (χ2n) is 5.74. The number of aromatic nitrogens is 2. The number of amides is 2. The van der Waals surface area contributed by atoms with E-state index in [2.05, 4.69) is 31.7 Å². The van der Waals surface area contributed by atoms with Crippen molar-refractivity contribution in [3.8, 4) is 0 Å². The zero-order valence-corrected chi connectivity index (χ0v) is 16.2. The van der Waals surface area contributed by atoms with Crippen LogP contribution in [0.15, 0.2) is 28.7 Å². The minimum Gasteiger partial charge on any atom is -0.355 e. The van der Waals surface area contributed by atoms with Gasteiger partial charge in [-0.25, -0.2) is 4.68 Å². The van der Waals surface area contributed by atoms with Crippen molar-refractivity contribution < 1.29 is 9.59 Å². The fraction of sp³-hybridized carbons (Fsp3) is 0.353. The maximum Gasteiger partial charge on any atom is 0.256 e. The summed E-state index contributed by atoms with van der Waals surface area (Å²) in [6.45, 7) is 2.74. The van der Waals surface area contributed by atoms with Crippen LogP contribution in [0.2, 0.25) is 0 Å². The second kappa shape index (κ2) is 8.05. The number of fused-ring (bicyclic) bond motifs is 1. The molecule has 2 aromatic rings. The molecule has 1 aromatic carbocycles. The third-order valence-electron chi connectivity index (χ3n) is 3.82. The standard InChI is InChI=1S/C17H19BrN4O2S/c1-2-7-19-15(23)8-22-16(13-9-25-10-14(13)21-22)20-17(24)11-3-5-12(18)6-4-11/h3-6H,2,7-10H2,1H3,(H,19,23)(H,20,24). The molecule has 0 aliphatic carbocycles. The molecule has 8 heteroatoms. The van der Waals surface area contributed by atoms with Crippen LogP contribution in [0, 0.1) is 0 Å². The monoisotopic (exact) mass is 422 g/mol. The molecule has 6 nitrogen and oxygen atoms in total. The maximum atomic E-state index is 12.6. The van der Waals surface area contributed by atoms with Crippen molar-refractivity contribution in [3.05, 3.63) is 45.6 Å². The van der Waals surface area contributed by atoms with E-state index < -0.39 is 0 Å². The maximum absolute atomic E-state index is 12.6. The highest BCUT2D eigenvalue weighted by molar-refractivity contribution is 9.10. The molecule has 0 radical (unpaired) electrons. The van der Waals surface area contributed by atoms with Crippen LogP contribution in [-0.4, -0.2) is 28.1 Å². The summed E-state index contributed by atoms with van der Waals surface area (Å²) in [6, 6.07) is 7.15. The van der Waals surface area contributed by atoms with Crippen LogP contribution in [0.3, 0.4) is 0 Å². The Balaban J connectivity index is 1.80. The molecule has 2 N–H and O–H groups in total. The first kappa shape index (κ1) is 18.0. The van der Waals surface area contributed by atoms with Crippen LogP contribution >= 0.6 is 27.7 Å². The van der Waals surface area contributed by atoms with Gasteiger partial charge in [0.05, 0.1) is 5.69 Å². The Hall–Kier alpha value is -1.80. The first-order valence-electron chi connectivity index (χ1n) is 8.08. The van der Waals surface area contributed by atoms with Gasteiger partial charge in [0.1, 0.15) is 12.4 Å². The SMILES string of the molecule is CCCNC(=O)Cn1nc2c(c1NC(=O)c1ccc(Br)cc1)CSC2. The number of hydrogen-bond donors (Lipinski definition) is 2. The van der Waals surface area contributed by atoms with Crippen LogP contribution in [0.1, 0.15) is 35.0 Å². The highest BCUT2D eigenvalue weighted by Gasteiger charge is 2.25. The Morgan fingerprint density at radius 2 is 2.04 bits per heavy atom. The summed E-state index contributed by atoms with van der Waals surface area (Å²) in [5.74, 6) is 1.92. The van der Waals surface area contributed by atoms with Crippen molar-refractivity contribution in [3.63, 3.8) is 0 Å². The van der Waals surface area contributed by atoms with Crippen molar-refractivity contribution >= 4 is 45.3 Å². The topological polar surface area (TPSA) is 76.0 Å². The predicted octanol–water partition coefficient (Wildman–Crippen LogP) is 3.17. The van der Waals surface area contributed by atoms with Crippen molar-refractivity contribution in [2.45, 2.75) is 31.4 Å². The number of thioether (sulfide) groups is 1. The third-order valence-corrected chi connectivity index (χ3v) is 5.32. The average Bonchev–Trinajstić information content (AvgIpc) is 3.16. The number of nitrogens with zero attached hydrogens (tertiary/aromatic N) is 2. The largest absolute Gasteiger partial charge is 0.355 e. The Morgan fingerprint density at radius 3 is 2.76 bits per heavy atom.